The van der Waals surface area contributed by atoms with Crippen molar-refractivity contribution in [2.24, 2.45) is 0 Å². The third-order valence-electron chi connectivity index (χ3n) is 5.44. The minimum Gasteiger partial charge on any atom is -0.452 e. The van der Waals surface area contributed by atoms with Crippen molar-refractivity contribution in [1.82, 2.24) is 4.72 Å². The number of esters is 1. The number of ether oxygens (including phenoxy) is 1. The van der Waals surface area contributed by atoms with Crippen molar-refractivity contribution in [3.8, 4) is 11.1 Å². The van der Waals surface area contributed by atoms with E-state index in [9.17, 15) is 13.2 Å². The first-order chi connectivity index (χ1) is 14.4. The number of rotatable bonds is 6. The lowest BCUT2D eigenvalue weighted by Gasteiger charge is -2.15. The zero-order chi connectivity index (χ0) is 21.3. The maximum Gasteiger partial charge on any atom is 0.308 e. The molecule has 154 valence electrons. The number of carbonyl (C=O) groups excluding carboxylic acids is 1. The standard InChI is InChI=1S/C24H23NO4S/c1-16-11-12-18(15-17(16)2)30(27,28)25-14-13-23(26)29-24-21-9-5-3-7-19(21)20-8-4-6-10-22(20)24/h3-12,15,24-25H,13-14H2,1-2H3. The number of fused-ring (bicyclic) bond motifs is 3. The zero-order valence-electron chi connectivity index (χ0n) is 16.9. The van der Waals surface area contributed by atoms with Gasteiger partial charge in [-0.05, 0) is 48.2 Å². The summed E-state index contributed by atoms with van der Waals surface area (Å²) in [5, 5.41) is 0. The summed E-state index contributed by atoms with van der Waals surface area (Å²) in [6, 6.07) is 20.7. The van der Waals surface area contributed by atoms with E-state index in [0.717, 1.165) is 33.4 Å². The Kier molecular flexibility index (Phi) is 5.45. The molecule has 0 saturated heterocycles. The molecule has 0 amide bonds. The summed E-state index contributed by atoms with van der Waals surface area (Å²) in [6.07, 6.45) is -0.522. The summed E-state index contributed by atoms with van der Waals surface area (Å²) in [5.41, 5.74) is 5.93. The van der Waals surface area contributed by atoms with Crippen LogP contribution in [0.3, 0.4) is 0 Å². The van der Waals surface area contributed by atoms with E-state index in [4.69, 9.17) is 4.74 Å². The number of sulfonamides is 1. The SMILES string of the molecule is Cc1ccc(S(=O)(=O)NCCC(=O)OC2c3ccccc3-c3ccccc32)cc1C. The minimum atomic E-state index is -3.68. The lowest BCUT2D eigenvalue weighted by molar-refractivity contribution is -0.147. The highest BCUT2D eigenvalue weighted by Gasteiger charge is 2.30. The predicted octanol–water partition coefficient (Wildman–Crippen LogP) is 4.29. The fraction of sp³-hybridized carbons (Fsp3) is 0.208. The van der Waals surface area contributed by atoms with Crippen LogP contribution in [0.25, 0.3) is 11.1 Å². The molecule has 0 fully saturated rings. The van der Waals surface area contributed by atoms with Crippen molar-refractivity contribution in [2.45, 2.75) is 31.3 Å². The van der Waals surface area contributed by atoms with Gasteiger partial charge in [-0.25, -0.2) is 13.1 Å². The van der Waals surface area contributed by atoms with Gasteiger partial charge in [-0.3, -0.25) is 4.79 Å². The van der Waals surface area contributed by atoms with E-state index in [1.54, 1.807) is 18.2 Å². The van der Waals surface area contributed by atoms with Gasteiger partial charge >= 0.3 is 5.97 Å². The molecule has 1 N–H and O–H groups in total. The number of hydrogen-bond donors (Lipinski definition) is 1. The highest BCUT2D eigenvalue weighted by atomic mass is 32.2. The molecular formula is C24H23NO4S. The van der Waals surface area contributed by atoms with Gasteiger partial charge in [0.1, 0.15) is 0 Å². The Morgan fingerprint density at radius 3 is 2.10 bits per heavy atom. The van der Waals surface area contributed by atoms with Crippen molar-refractivity contribution in [1.29, 1.82) is 0 Å². The maximum atomic E-state index is 12.5. The molecule has 1 aliphatic carbocycles. The molecule has 5 nitrogen and oxygen atoms in total. The summed E-state index contributed by atoms with van der Waals surface area (Å²) in [4.78, 5) is 12.7. The Morgan fingerprint density at radius 1 is 0.900 bits per heavy atom. The molecule has 0 unspecified atom stereocenters. The molecule has 0 aliphatic heterocycles. The van der Waals surface area contributed by atoms with Crippen LogP contribution < -0.4 is 4.72 Å². The van der Waals surface area contributed by atoms with E-state index in [0.29, 0.717) is 0 Å². The summed E-state index contributed by atoms with van der Waals surface area (Å²) < 4.78 is 33.2. The smallest absolute Gasteiger partial charge is 0.308 e. The van der Waals surface area contributed by atoms with Gasteiger partial charge in [0, 0.05) is 17.7 Å². The Balaban J connectivity index is 1.41. The van der Waals surface area contributed by atoms with E-state index in [-0.39, 0.29) is 17.9 Å². The second-order valence-electron chi connectivity index (χ2n) is 7.44. The first-order valence-corrected chi connectivity index (χ1v) is 11.3. The molecule has 0 atom stereocenters. The minimum absolute atomic E-state index is 0.0237. The van der Waals surface area contributed by atoms with Gasteiger partial charge in [-0.1, -0.05) is 54.6 Å². The van der Waals surface area contributed by atoms with E-state index < -0.39 is 22.1 Å². The summed E-state index contributed by atoms with van der Waals surface area (Å²) in [6.45, 7) is 3.77. The molecule has 0 radical (unpaired) electrons. The molecule has 30 heavy (non-hydrogen) atoms. The van der Waals surface area contributed by atoms with Gasteiger partial charge in [0.25, 0.3) is 0 Å². The molecule has 0 heterocycles. The van der Waals surface area contributed by atoms with Crippen molar-refractivity contribution in [2.75, 3.05) is 6.54 Å². The van der Waals surface area contributed by atoms with Crippen LogP contribution in [-0.4, -0.2) is 20.9 Å². The zero-order valence-corrected chi connectivity index (χ0v) is 17.7. The molecule has 1 aliphatic rings. The highest BCUT2D eigenvalue weighted by Crippen LogP contribution is 2.45. The number of benzene rings is 3. The van der Waals surface area contributed by atoms with E-state index >= 15 is 0 Å². The van der Waals surface area contributed by atoms with Crippen LogP contribution in [0.2, 0.25) is 0 Å². The Labute approximate surface area is 176 Å². The topological polar surface area (TPSA) is 72.5 Å². The monoisotopic (exact) mass is 421 g/mol. The van der Waals surface area contributed by atoms with Crippen molar-refractivity contribution in [3.63, 3.8) is 0 Å². The number of carbonyl (C=O) groups is 1. The van der Waals surface area contributed by atoms with E-state index in [1.807, 2.05) is 62.4 Å². The molecule has 6 heteroatoms. The lowest BCUT2D eigenvalue weighted by atomic mass is 10.1. The second-order valence-corrected chi connectivity index (χ2v) is 9.21. The summed E-state index contributed by atoms with van der Waals surface area (Å²) >= 11 is 0. The molecule has 3 aromatic rings. The van der Waals surface area contributed by atoms with Gasteiger partial charge in [-0.15, -0.1) is 0 Å². The highest BCUT2D eigenvalue weighted by molar-refractivity contribution is 7.89. The molecule has 0 saturated carbocycles. The van der Waals surface area contributed by atoms with Crippen LogP contribution in [0.4, 0.5) is 0 Å². The number of aryl methyl sites for hydroxylation is 2. The van der Waals surface area contributed by atoms with E-state index in [2.05, 4.69) is 4.72 Å². The maximum absolute atomic E-state index is 12.5. The fourth-order valence-corrected chi connectivity index (χ4v) is 4.80. The van der Waals surface area contributed by atoms with Crippen molar-refractivity contribution < 1.29 is 17.9 Å². The van der Waals surface area contributed by atoms with Crippen LogP contribution in [-0.2, 0) is 19.6 Å². The third kappa shape index (κ3) is 3.88. The van der Waals surface area contributed by atoms with Gasteiger partial charge < -0.3 is 4.74 Å². The van der Waals surface area contributed by atoms with Crippen LogP contribution in [0.15, 0.2) is 71.6 Å². The van der Waals surface area contributed by atoms with Gasteiger partial charge in [0.15, 0.2) is 6.10 Å². The molecule has 0 aromatic heterocycles. The van der Waals surface area contributed by atoms with Crippen LogP contribution in [0.1, 0.15) is 34.8 Å². The predicted molar refractivity (Wildman–Crippen MR) is 116 cm³/mol. The average Bonchev–Trinajstić information content (AvgIpc) is 3.04. The molecule has 0 spiro atoms. The van der Waals surface area contributed by atoms with Crippen molar-refractivity contribution in [3.05, 3.63) is 89.0 Å². The second kappa shape index (κ2) is 8.05. The molecule has 4 rings (SSSR count). The van der Waals surface area contributed by atoms with Gasteiger partial charge in [-0.2, -0.15) is 0 Å². The Morgan fingerprint density at radius 2 is 1.50 bits per heavy atom. The Bertz CT molecular complexity index is 1170. The van der Waals surface area contributed by atoms with Gasteiger partial charge in [0.05, 0.1) is 11.3 Å². The van der Waals surface area contributed by atoms with Crippen LogP contribution in [0.5, 0.6) is 0 Å². The molecule has 0 bridgehead atoms. The average molecular weight is 422 g/mol. The van der Waals surface area contributed by atoms with Gasteiger partial charge in [0.2, 0.25) is 10.0 Å². The Hall–Kier alpha value is -2.96. The van der Waals surface area contributed by atoms with Crippen molar-refractivity contribution >= 4 is 16.0 Å². The first-order valence-electron chi connectivity index (χ1n) is 9.81. The van der Waals surface area contributed by atoms with Crippen LogP contribution in [0, 0.1) is 13.8 Å². The van der Waals surface area contributed by atoms with Crippen LogP contribution >= 0.6 is 0 Å². The molecule has 3 aromatic carbocycles. The fourth-order valence-electron chi connectivity index (χ4n) is 3.68. The third-order valence-corrected chi connectivity index (χ3v) is 6.89. The normalized spacial score (nSPS) is 13.0. The number of hydrogen-bond acceptors (Lipinski definition) is 4. The summed E-state index contributed by atoms with van der Waals surface area (Å²) in [7, 11) is -3.68. The largest absolute Gasteiger partial charge is 0.452 e. The quantitative estimate of drug-likeness (QED) is 0.603. The molecular weight excluding hydrogens is 398 g/mol. The summed E-state index contributed by atoms with van der Waals surface area (Å²) in [5.74, 6) is -0.450. The number of nitrogens with one attached hydrogen (secondary N) is 1. The lowest BCUT2D eigenvalue weighted by Crippen LogP contribution is -2.27. The first kappa shape index (κ1) is 20.3. The van der Waals surface area contributed by atoms with E-state index in [1.165, 1.54) is 0 Å².